The van der Waals surface area contributed by atoms with E-state index >= 15 is 0 Å². The van der Waals surface area contributed by atoms with Crippen molar-refractivity contribution in [3.8, 4) is 0 Å². The molecule has 32 heteroatoms. The number of hydrogen-bond donors (Lipinski definition) is 11. The molecule has 4 heterocycles. The van der Waals surface area contributed by atoms with Crippen LogP contribution in [0.25, 0.3) is 0 Å². The maximum Gasteiger partial charge on any atom is 0.306 e. The third kappa shape index (κ3) is 52.2. The standard InChI is InChI=1S/C90H147N9O19S4/c1-64-30-14-10-25-48-92-75(60-119-56-64)81(107)39-21-6-3-5-16-33-68(101)41-42-72(79(105)37-20-7-4-8-22-40-82(108)76-61-120-57-69(102)34-17-11-26-49-93-76)97-86(112)46-44-74(98-87(113)47-53-91-65(2)100)88(114)99-73(80(106)38-23-9-15-31-66(89(115)116)54-83(109)77-62-121-58-70(103)35-18-12-27-50-94-77)43-45-85(111)96-52-29-24-32-67(90(117)118)55-84(110)78-63-122-59-71(104)36-19-13-28-51-95-78/h66-67,72-78,92-95H,1,3-63H2,2H3,(H,91,100)(H,96,111)(H,97,112)(H,98,113)(H,99,114)(H,115,116)(H,117,118)/t66-,67-,72+,73+,74+,75+,76+,77+,78+/m1/s1. The maximum absolute atomic E-state index is 14.7. The van der Waals surface area contributed by atoms with Gasteiger partial charge in [-0.3, -0.25) is 81.5 Å². The molecule has 4 rings (SSSR count). The zero-order valence-corrected chi connectivity index (χ0v) is 76.3. The van der Waals surface area contributed by atoms with Crippen LogP contribution in [0.3, 0.4) is 0 Å². The van der Waals surface area contributed by atoms with E-state index in [4.69, 9.17) is 0 Å². The highest BCUT2D eigenvalue weighted by molar-refractivity contribution is 8.00. The molecule has 0 bridgehead atoms. The van der Waals surface area contributed by atoms with Gasteiger partial charge in [0, 0.05) is 139 Å². The second-order valence-electron chi connectivity index (χ2n) is 33.6. The fourth-order valence-electron chi connectivity index (χ4n) is 15.3. The number of aliphatic carboxylic acids is 2. The number of nitrogens with one attached hydrogen (secondary N) is 9. The second kappa shape index (κ2) is 67.3. The Morgan fingerprint density at radius 1 is 0.361 bits per heavy atom. The Morgan fingerprint density at radius 3 is 1.20 bits per heavy atom. The number of unbranched alkanes of at least 4 members (excludes halogenated alkanes) is 11. The molecule has 4 fully saturated rings. The van der Waals surface area contributed by atoms with E-state index in [0.717, 1.165) is 134 Å². The zero-order chi connectivity index (χ0) is 88.9. The first kappa shape index (κ1) is 108. The molecule has 0 spiro atoms. The lowest BCUT2D eigenvalue weighted by atomic mass is 9.93. The second-order valence-corrected chi connectivity index (χ2v) is 37.8. The van der Waals surface area contributed by atoms with Crippen molar-refractivity contribution in [2.75, 3.05) is 85.3 Å². The molecule has 0 unspecified atom stereocenters. The highest BCUT2D eigenvalue weighted by atomic mass is 32.2. The molecule has 0 saturated carbocycles. The van der Waals surface area contributed by atoms with Crippen molar-refractivity contribution in [3.05, 3.63) is 12.2 Å². The first-order valence-corrected chi connectivity index (χ1v) is 50.4. The number of rotatable bonds is 55. The van der Waals surface area contributed by atoms with Crippen LogP contribution < -0.4 is 47.9 Å². The summed E-state index contributed by atoms with van der Waals surface area (Å²) < 4.78 is 0. The largest absolute Gasteiger partial charge is 0.481 e. The molecule has 0 radical (unpaired) electrons. The molecular weight excluding hydrogens is 1640 g/mol. The van der Waals surface area contributed by atoms with Crippen LogP contribution in [0.2, 0.25) is 0 Å². The van der Waals surface area contributed by atoms with Crippen LogP contribution in [0.1, 0.15) is 309 Å². The molecule has 690 valence electrons. The molecule has 5 amide bonds. The van der Waals surface area contributed by atoms with E-state index in [-0.39, 0.29) is 179 Å². The Bertz CT molecular complexity index is 3290. The summed E-state index contributed by atoms with van der Waals surface area (Å²) in [7, 11) is 0. The monoisotopic (exact) mass is 1790 g/mol. The highest BCUT2D eigenvalue weighted by Gasteiger charge is 2.33. The van der Waals surface area contributed by atoms with E-state index in [0.29, 0.717) is 132 Å². The summed E-state index contributed by atoms with van der Waals surface area (Å²) in [6, 6.07) is -5.69. The number of carbonyl (C=O) groups is 17. The Morgan fingerprint density at radius 2 is 0.730 bits per heavy atom. The van der Waals surface area contributed by atoms with Crippen LogP contribution in [0.15, 0.2) is 12.2 Å². The molecule has 4 saturated heterocycles. The van der Waals surface area contributed by atoms with Gasteiger partial charge in [0.25, 0.3) is 0 Å². The average molecular weight is 1790 g/mol. The quantitative estimate of drug-likeness (QED) is 0.0199. The summed E-state index contributed by atoms with van der Waals surface area (Å²) in [5, 5.41) is 47.3. The molecule has 4 aliphatic rings. The predicted octanol–water partition coefficient (Wildman–Crippen LogP) is 10.5. The summed E-state index contributed by atoms with van der Waals surface area (Å²) in [6.45, 7) is 8.08. The zero-order valence-electron chi connectivity index (χ0n) is 73.0. The summed E-state index contributed by atoms with van der Waals surface area (Å²) in [6.07, 6.45) is 21.0. The first-order valence-electron chi connectivity index (χ1n) is 45.8. The third-order valence-electron chi connectivity index (χ3n) is 22.9. The van der Waals surface area contributed by atoms with Crippen LogP contribution in [-0.4, -0.2) is 237 Å². The van der Waals surface area contributed by atoms with E-state index in [1.165, 1.54) is 47.8 Å². The Balaban J connectivity index is 1.47. The van der Waals surface area contributed by atoms with Crippen LogP contribution in [0.5, 0.6) is 0 Å². The van der Waals surface area contributed by atoms with Crippen molar-refractivity contribution >= 4 is 146 Å². The van der Waals surface area contributed by atoms with Gasteiger partial charge in [-0.25, -0.2) is 0 Å². The summed E-state index contributed by atoms with van der Waals surface area (Å²) in [5.74, 6) is -4.46. The molecule has 122 heavy (non-hydrogen) atoms. The van der Waals surface area contributed by atoms with Gasteiger partial charge >= 0.3 is 11.9 Å². The van der Waals surface area contributed by atoms with Gasteiger partial charge < -0.3 is 58.1 Å². The minimum Gasteiger partial charge on any atom is -0.481 e. The van der Waals surface area contributed by atoms with Gasteiger partial charge in [0.05, 0.1) is 65.3 Å². The molecular formula is C90H147N9O19S4. The Hall–Kier alpha value is -6.03. The number of thioether (sulfide) groups is 4. The fourth-order valence-corrected chi connectivity index (χ4v) is 19.5. The number of carbonyl (C=O) groups excluding carboxylic acids is 15. The molecule has 4 aliphatic heterocycles. The summed E-state index contributed by atoms with van der Waals surface area (Å²) in [5.41, 5.74) is 1.21. The minimum atomic E-state index is -1.49. The number of carboxylic acid groups (broad SMARTS) is 2. The topological polar surface area (TPSA) is 439 Å². The predicted molar refractivity (Wildman–Crippen MR) is 482 cm³/mol. The van der Waals surface area contributed by atoms with Crippen molar-refractivity contribution < 1.29 is 91.7 Å². The molecule has 0 aromatic heterocycles. The number of hydrogen-bond acceptors (Lipinski definition) is 25. The molecule has 0 aliphatic carbocycles. The van der Waals surface area contributed by atoms with Gasteiger partial charge in [-0.1, -0.05) is 95.6 Å². The van der Waals surface area contributed by atoms with E-state index in [2.05, 4.69) is 54.4 Å². The molecule has 11 N–H and O–H groups in total. The number of carboxylic acids is 2. The van der Waals surface area contributed by atoms with E-state index in [1.54, 1.807) is 11.8 Å². The lowest BCUT2D eigenvalue weighted by molar-refractivity contribution is -0.144. The molecule has 0 aromatic rings. The Kier molecular flexibility index (Phi) is 59.7. The molecule has 28 nitrogen and oxygen atoms in total. The number of ketones is 10. The SMILES string of the molecule is C=C1CCCCCN[C@H](C(=O)CCCCCCCC(=O)CC[C@H](NC(=O)CC[C@H](NC(=O)CCNC(C)=O)C(=O)N[C@@H](CCC(=O)NCCCC[C@H](CC(=O)[C@@H]2CSCC(=O)CCCCCN2)C(=O)O)C(=O)CCCCC[C@H](CC(=O)[C@@H]2CSCC(=O)CCCCCN2)C(=O)O)C(=O)CCCCCCCC(=O)[C@@H]2CSCC(=O)CCCCCN2)CSC1. The third-order valence-corrected chi connectivity index (χ3v) is 27.4. The fraction of sp³-hybridized carbons (Fsp3) is 0.789. The van der Waals surface area contributed by atoms with Crippen molar-refractivity contribution in [2.24, 2.45) is 11.8 Å². The molecule has 0 aromatic carbocycles. The van der Waals surface area contributed by atoms with Gasteiger partial charge in [-0.15, -0.1) is 0 Å². The molecule has 9 atom stereocenters. The first-order chi connectivity index (χ1) is 58.8. The van der Waals surface area contributed by atoms with Crippen molar-refractivity contribution in [3.63, 3.8) is 0 Å². The summed E-state index contributed by atoms with van der Waals surface area (Å²) in [4.78, 5) is 226. The van der Waals surface area contributed by atoms with Crippen LogP contribution in [-0.2, 0) is 81.5 Å². The number of Topliss-reactive ketones (excluding diaryl/α,β-unsaturated/α-hetero) is 10. The highest BCUT2D eigenvalue weighted by Crippen LogP contribution is 2.24. The van der Waals surface area contributed by atoms with Gasteiger partial charge in [0.1, 0.15) is 29.2 Å². The van der Waals surface area contributed by atoms with Crippen molar-refractivity contribution in [1.82, 2.24) is 47.9 Å². The smallest absolute Gasteiger partial charge is 0.306 e. The van der Waals surface area contributed by atoms with Crippen LogP contribution in [0.4, 0.5) is 0 Å². The van der Waals surface area contributed by atoms with Gasteiger partial charge in [-0.2, -0.15) is 47.0 Å². The average Bonchev–Trinajstić information content (AvgIpc) is 0.962. The van der Waals surface area contributed by atoms with Crippen LogP contribution in [0, 0.1) is 11.8 Å². The Labute approximate surface area is 741 Å². The number of amides is 5. The maximum atomic E-state index is 14.7. The van der Waals surface area contributed by atoms with Gasteiger partial charge in [0.15, 0.2) is 34.7 Å². The lowest BCUT2D eigenvalue weighted by Crippen LogP contribution is -2.52. The van der Waals surface area contributed by atoms with E-state index in [1.807, 2.05) is 0 Å². The van der Waals surface area contributed by atoms with Crippen molar-refractivity contribution in [1.29, 1.82) is 0 Å². The van der Waals surface area contributed by atoms with Crippen molar-refractivity contribution in [2.45, 2.75) is 351 Å². The minimum absolute atomic E-state index is 0.00248. The van der Waals surface area contributed by atoms with E-state index < -0.39 is 95.7 Å². The van der Waals surface area contributed by atoms with Gasteiger partial charge in [0.2, 0.25) is 29.5 Å². The lowest BCUT2D eigenvalue weighted by Gasteiger charge is -2.24. The van der Waals surface area contributed by atoms with Gasteiger partial charge in [-0.05, 0) is 155 Å². The summed E-state index contributed by atoms with van der Waals surface area (Å²) >= 11 is 5.93. The van der Waals surface area contributed by atoms with E-state index in [9.17, 15) is 91.7 Å². The normalized spacial score (nSPS) is 20.0. The van der Waals surface area contributed by atoms with Crippen LogP contribution >= 0.6 is 47.0 Å².